The van der Waals surface area contributed by atoms with Gasteiger partial charge >= 0.3 is 0 Å². The maximum Gasteiger partial charge on any atom is 0.0402 e. The largest absolute Gasteiger partial charge is 0.397 e. The summed E-state index contributed by atoms with van der Waals surface area (Å²) in [6, 6.07) is 0. The van der Waals surface area contributed by atoms with E-state index in [1.54, 1.807) is 6.92 Å². The van der Waals surface area contributed by atoms with E-state index in [1.165, 1.54) is 0 Å². The molecule has 0 heterocycles. The Labute approximate surface area is 50.6 Å². The normalized spacial score (nSPS) is 5.25. The molecule has 4 nitrogen and oxygen atoms in total. The molecular formula is C4H17N3O. The van der Waals surface area contributed by atoms with Crippen molar-refractivity contribution in [3.8, 4) is 0 Å². The van der Waals surface area contributed by atoms with Gasteiger partial charge in [0.25, 0.3) is 0 Å². The van der Waals surface area contributed by atoms with Crippen molar-refractivity contribution in [2.45, 2.75) is 13.8 Å². The highest BCUT2D eigenvalue weighted by atomic mass is 16.2. The van der Waals surface area contributed by atoms with Crippen LogP contribution in [0.2, 0.25) is 0 Å². The minimum absolute atomic E-state index is 0.250. The summed E-state index contributed by atoms with van der Waals surface area (Å²) in [5, 5.41) is 7.57. The van der Waals surface area contributed by atoms with E-state index in [-0.39, 0.29) is 6.61 Å². The Morgan fingerprint density at radius 2 is 1.25 bits per heavy atom. The quantitative estimate of drug-likeness (QED) is 0.240. The highest BCUT2D eigenvalue weighted by Gasteiger charge is 1.34. The number of rotatable bonds is 0. The van der Waals surface area contributed by atoms with E-state index >= 15 is 0 Å². The summed E-state index contributed by atoms with van der Waals surface area (Å²) in [5.41, 5.74) is 4.85. The molecule has 0 unspecified atom stereocenters. The summed E-state index contributed by atoms with van der Waals surface area (Å²) in [6.07, 6.45) is 0. The lowest BCUT2D eigenvalue weighted by molar-refractivity contribution is 0.318. The van der Waals surface area contributed by atoms with Crippen molar-refractivity contribution in [1.82, 2.24) is 0 Å². The van der Waals surface area contributed by atoms with E-state index in [4.69, 9.17) is 10.8 Å². The van der Waals surface area contributed by atoms with Crippen LogP contribution >= 0.6 is 0 Å². The molecule has 0 amide bonds. The zero-order valence-electron chi connectivity index (χ0n) is 5.59. The van der Waals surface area contributed by atoms with Crippen LogP contribution in [0.5, 0.6) is 0 Å². The molecule has 0 saturated heterocycles. The lowest BCUT2D eigenvalue weighted by Gasteiger charge is -1.53. The lowest BCUT2D eigenvalue weighted by Crippen LogP contribution is -2.02. The molecule has 8 heavy (non-hydrogen) atoms. The Bertz CT molecular complexity index is 13.2. The van der Waals surface area contributed by atoms with Crippen molar-refractivity contribution in [1.29, 1.82) is 0 Å². The van der Waals surface area contributed by atoms with E-state index in [0.717, 1.165) is 6.54 Å². The first-order chi connectivity index (χ1) is 3.83. The fourth-order valence-electron chi connectivity index (χ4n) is 0. The van der Waals surface area contributed by atoms with Crippen LogP contribution in [0.3, 0.4) is 0 Å². The fraction of sp³-hybridized carbons (Fsp3) is 1.00. The zero-order chi connectivity index (χ0) is 7.41. The minimum Gasteiger partial charge on any atom is -0.397 e. The summed E-state index contributed by atoms with van der Waals surface area (Å²) in [5.74, 6) is 8.00. The zero-order valence-corrected chi connectivity index (χ0v) is 5.59. The molecule has 0 spiro atoms. The van der Waals surface area contributed by atoms with Gasteiger partial charge < -0.3 is 10.8 Å². The standard InChI is InChI=1S/C2H7N.C2H6O.H4N2/c2*1-2-3;1-2/h2-3H2,1H3;3H,2H2,1H3;1-2H2. The van der Waals surface area contributed by atoms with E-state index < -0.39 is 0 Å². The van der Waals surface area contributed by atoms with Gasteiger partial charge in [-0.2, -0.15) is 0 Å². The summed E-state index contributed by atoms with van der Waals surface area (Å²) in [7, 11) is 0. The van der Waals surface area contributed by atoms with Gasteiger partial charge in [0, 0.05) is 6.61 Å². The molecule has 0 rings (SSSR count). The molecule has 0 bridgehead atoms. The third kappa shape index (κ3) is 5340. The highest BCUT2D eigenvalue weighted by Crippen LogP contribution is 1.30. The van der Waals surface area contributed by atoms with Crippen LogP contribution in [0.15, 0.2) is 0 Å². The van der Waals surface area contributed by atoms with Crippen LogP contribution < -0.4 is 17.4 Å². The van der Waals surface area contributed by atoms with Crippen LogP contribution in [0, 0.1) is 0 Å². The molecule has 4 heteroatoms. The SMILES string of the molecule is CCN.CCO.NN. The second kappa shape index (κ2) is 68.9. The van der Waals surface area contributed by atoms with Gasteiger partial charge in [-0.15, -0.1) is 0 Å². The highest BCUT2D eigenvalue weighted by molar-refractivity contribution is 4.00. The summed E-state index contributed by atoms with van der Waals surface area (Å²) in [6.45, 7) is 4.58. The van der Waals surface area contributed by atoms with Crippen LogP contribution in [0.4, 0.5) is 0 Å². The first-order valence-electron chi connectivity index (χ1n) is 2.47. The Balaban J connectivity index is -0.0000000483. The molecule has 0 aliphatic rings. The Kier molecular flexibility index (Phi) is 135. The van der Waals surface area contributed by atoms with Crippen molar-refractivity contribution in [2.24, 2.45) is 17.4 Å². The molecule has 54 valence electrons. The molecule has 0 aromatic carbocycles. The molecule has 0 atom stereocenters. The van der Waals surface area contributed by atoms with Crippen molar-refractivity contribution in [2.75, 3.05) is 13.2 Å². The monoisotopic (exact) mass is 123 g/mol. The van der Waals surface area contributed by atoms with Gasteiger partial charge in [0.15, 0.2) is 0 Å². The Morgan fingerprint density at radius 1 is 1.25 bits per heavy atom. The van der Waals surface area contributed by atoms with Crippen LogP contribution in [-0.2, 0) is 0 Å². The molecule has 0 saturated carbocycles. The maximum absolute atomic E-state index is 7.57. The maximum atomic E-state index is 7.57. The predicted octanol–water partition coefficient (Wildman–Crippen LogP) is -1.22. The van der Waals surface area contributed by atoms with Gasteiger partial charge in [-0.05, 0) is 13.5 Å². The number of hydrazine groups is 1. The number of aliphatic hydroxyl groups is 1. The van der Waals surface area contributed by atoms with Gasteiger partial charge in [0.2, 0.25) is 0 Å². The first kappa shape index (κ1) is 15.7. The molecule has 0 aromatic rings. The smallest absolute Gasteiger partial charge is 0.0402 e. The van der Waals surface area contributed by atoms with Crippen LogP contribution in [0.25, 0.3) is 0 Å². The molecule has 0 radical (unpaired) electrons. The van der Waals surface area contributed by atoms with Crippen molar-refractivity contribution in [3.63, 3.8) is 0 Å². The minimum atomic E-state index is 0.250. The average molecular weight is 123 g/mol. The van der Waals surface area contributed by atoms with Gasteiger partial charge in [-0.1, -0.05) is 6.92 Å². The van der Waals surface area contributed by atoms with E-state index in [2.05, 4.69) is 11.7 Å². The van der Waals surface area contributed by atoms with Crippen LogP contribution in [0.1, 0.15) is 13.8 Å². The lowest BCUT2D eigenvalue weighted by atomic mass is 10.8. The third-order valence-electron chi connectivity index (χ3n) is 0. The second-order valence-corrected chi connectivity index (χ2v) is 0.724. The number of hydrogen-bond acceptors (Lipinski definition) is 4. The van der Waals surface area contributed by atoms with Crippen molar-refractivity contribution < 1.29 is 5.11 Å². The summed E-state index contributed by atoms with van der Waals surface area (Å²) >= 11 is 0. The van der Waals surface area contributed by atoms with Gasteiger partial charge in [-0.25, -0.2) is 0 Å². The topological polar surface area (TPSA) is 98.3 Å². The van der Waals surface area contributed by atoms with Crippen molar-refractivity contribution >= 4 is 0 Å². The number of nitrogens with two attached hydrogens (primary N) is 3. The summed E-state index contributed by atoms with van der Waals surface area (Å²) < 4.78 is 0. The average Bonchev–Trinajstić information content (AvgIpc) is 1.75. The molecular weight excluding hydrogens is 106 g/mol. The number of aliphatic hydroxyl groups excluding tert-OH is 1. The van der Waals surface area contributed by atoms with E-state index in [1.807, 2.05) is 6.92 Å². The first-order valence-corrected chi connectivity index (χ1v) is 2.47. The molecule has 7 N–H and O–H groups in total. The summed E-state index contributed by atoms with van der Waals surface area (Å²) in [4.78, 5) is 0. The van der Waals surface area contributed by atoms with Crippen molar-refractivity contribution in [3.05, 3.63) is 0 Å². The molecule has 0 aromatic heterocycles. The van der Waals surface area contributed by atoms with Gasteiger partial charge in [0.05, 0.1) is 0 Å². The fourth-order valence-corrected chi connectivity index (χ4v) is 0. The third-order valence-corrected chi connectivity index (χ3v) is 0. The van der Waals surface area contributed by atoms with E-state index in [0.29, 0.717) is 0 Å². The predicted molar refractivity (Wildman–Crippen MR) is 35.9 cm³/mol. The van der Waals surface area contributed by atoms with Crippen LogP contribution in [-0.4, -0.2) is 18.3 Å². The van der Waals surface area contributed by atoms with Gasteiger partial charge in [-0.3, -0.25) is 11.7 Å². The van der Waals surface area contributed by atoms with Gasteiger partial charge in [0.1, 0.15) is 0 Å². The Morgan fingerprint density at radius 3 is 1.25 bits per heavy atom. The molecule has 0 aliphatic heterocycles. The molecule has 0 aliphatic carbocycles. The van der Waals surface area contributed by atoms with E-state index in [9.17, 15) is 0 Å². The second-order valence-electron chi connectivity index (χ2n) is 0.724. The number of hydrogen-bond donors (Lipinski definition) is 4. The Hall–Kier alpha value is -0.160. The molecule has 0 fully saturated rings.